The zero-order valence-electron chi connectivity index (χ0n) is 36.5. The number of hydrogen-bond donors (Lipinski definition) is 6. The number of alkyl carbamates (subject to hydrolysis) is 1. The minimum Gasteiger partial charge on any atom is -0.496 e. The van der Waals surface area contributed by atoms with Crippen LogP contribution in [0, 0.1) is 34.3 Å². The van der Waals surface area contributed by atoms with E-state index in [9.17, 15) is 18.4 Å². The Balaban J connectivity index is 0.000000263. The van der Waals surface area contributed by atoms with Gasteiger partial charge in [-0.05, 0) is 33.2 Å². The fourth-order valence-corrected chi connectivity index (χ4v) is 5.50. The summed E-state index contributed by atoms with van der Waals surface area (Å²) >= 11 is 4.72. The van der Waals surface area contributed by atoms with Crippen molar-refractivity contribution in [2.24, 2.45) is 5.73 Å². The molecule has 0 aliphatic rings. The molecule has 0 saturated heterocycles. The third-order valence-corrected chi connectivity index (χ3v) is 8.34. The number of ether oxygens (including phenoxy) is 6. The average Bonchev–Trinajstić information content (AvgIpc) is 3.99. The predicted octanol–water partition coefficient (Wildman–Crippen LogP) is 6.88. The van der Waals surface area contributed by atoms with Crippen molar-refractivity contribution in [1.82, 2.24) is 45.6 Å². The van der Waals surface area contributed by atoms with Gasteiger partial charge >= 0.3 is 11.5 Å². The van der Waals surface area contributed by atoms with Crippen molar-refractivity contribution in [3.63, 3.8) is 0 Å². The Morgan fingerprint density at radius 2 is 1.15 bits per heavy atom. The highest BCUT2D eigenvalue weighted by atomic mass is 35.5. The molecular weight excluding hydrogens is 902 g/mol. The molecule has 1 amide bonds. The molecule has 4 aromatic heterocycles. The SMILES string of the molecule is CCOC(=O)Cl.CCOC(=O)NCCCOc1cc(F)cc(OC)c1-c1cc(Nc2cnc(C#N)cn2)n[nH]1.COc1cc(F)cc(OCCCN)c1-c1cc(Nc2cnc(C#N)cn2)n[nH]1. The highest BCUT2D eigenvalue weighted by Crippen LogP contribution is 2.41. The number of anilines is 4. The summed E-state index contributed by atoms with van der Waals surface area (Å²) in [6.45, 7) is 5.41. The van der Waals surface area contributed by atoms with E-state index in [1.54, 1.807) is 26.0 Å². The zero-order valence-corrected chi connectivity index (χ0v) is 37.2. The van der Waals surface area contributed by atoms with Gasteiger partial charge in [0, 0.05) is 54.5 Å². The molecule has 4 heterocycles. The summed E-state index contributed by atoms with van der Waals surface area (Å²) in [7, 11) is 2.87. The highest BCUT2D eigenvalue weighted by molar-refractivity contribution is 6.61. The van der Waals surface area contributed by atoms with E-state index >= 15 is 0 Å². The Morgan fingerprint density at radius 1 is 0.687 bits per heavy atom. The van der Waals surface area contributed by atoms with Gasteiger partial charge in [0.2, 0.25) is 0 Å². The largest absolute Gasteiger partial charge is 0.496 e. The van der Waals surface area contributed by atoms with Crippen molar-refractivity contribution in [1.29, 1.82) is 10.5 Å². The number of amides is 1. The molecule has 0 spiro atoms. The first kappa shape index (κ1) is 51.3. The zero-order chi connectivity index (χ0) is 48.6. The van der Waals surface area contributed by atoms with Crippen LogP contribution in [0.1, 0.15) is 38.1 Å². The number of rotatable bonds is 19. The van der Waals surface area contributed by atoms with Crippen molar-refractivity contribution >= 4 is 46.4 Å². The van der Waals surface area contributed by atoms with Crippen LogP contribution in [0.2, 0.25) is 0 Å². The number of nitrogens with two attached hydrogens (primary N) is 1. The van der Waals surface area contributed by atoms with Crippen LogP contribution in [0.25, 0.3) is 22.5 Å². The van der Waals surface area contributed by atoms with E-state index in [1.165, 1.54) is 63.3 Å². The highest BCUT2D eigenvalue weighted by Gasteiger charge is 2.20. The van der Waals surface area contributed by atoms with E-state index in [0.29, 0.717) is 96.4 Å². The van der Waals surface area contributed by atoms with Gasteiger partial charge in [0.1, 0.15) is 58.4 Å². The first-order valence-electron chi connectivity index (χ1n) is 20.0. The van der Waals surface area contributed by atoms with Gasteiger partial charge in [-0.25, -0.2) is 38.3 Å². The van der Waals surface area contributed by atoms with Gasteiger partial charge in [0.05, 0.1) is 87.9 Å². The monoisotopic (exact) mass is 946 g/mol. The second kappa shape index (κ2) is 27.1. The number of hydrogen-bond acceptors (Lipinski definition) is 19. The van der Waals surface area contributed by atoms with Gasteiger partial charge in [0.25, 0.3) is 0 Å². The minimum absolute atomic E-state index is 0.193. The van der Waals surface area contributed by atoms with Gasteiger partial charge < -0.3 is 50.1 Å². The number of carbonyl (C=O) groups excluding carboxylic acids is 2. The Hall–Kier alpha value is -8.35. The standard InChI is InChI=1S/C21H22FN7O4.C18H18FN7O2.C3H5ClO2/c1-3-32-21(30)24-5-4-6-33-17-8-13(22)7-16(31-2)20(17)15-9-18(29-28-15)27-19-12-25-14(10-23)11-26-19;1-27-14-5-11(19)6-15(28-4-2-3-20)18(14)13-7-16(26-25-13)24-17-10-22-12(8-21)9-23-17;1-2-6-3(4)5/h7-9,11-12H,3-6H2,1-2H3,(H,24,30)(H2,26,27,28,29);5-7,9-10H,2-4,20H2,1H3,(H2,23,24,25,26);2H2,1H3. The van der Waals surface area contributed by atoms with E-state index in [2.05, 4.69) is 61.0 Å². The second-order valence-electron chi connectivity index (χ2n) is 12.9. The van der Waals surface area contributed by atoms with E-state index in [-0.39, 0.29) is 36.1 Å². The van der Waals surface area contributed by atoms with Crippen molar-refractivity contribution in [2.75, 3.05) is 64.4 Å². The molecule has 0 radical (unpaired) electrons. The van der Waals surface area contributed by atoms with E-state index in [1.807, 2.05) is 12.1 Å². The molecule has 0 atom stereocenters. The molecule has 6 rings (SSSR count). The summed E-state index contributed by atoms with van der Waals surface area (Å²) in [6, 6.07) is 12.2. The van der Waals surface area contributed by atoms with Gasteiger partial charge in [-0.1, -0.05) is 0 Å². The summed E-state index contributed by atoms with van der Waals surface area (Å²) in [5.74, 6) is 1.80. The van der Waals surface area contributed by atoms with Crippen LogP contribution in [0.15, 0.2) is 61.2 Å². The first-order valence-corrected chi connectivity index (χ1v) is 20.4. The fourth-order valence-electron chi connectivity index (χ4n) is 5.39. The van der Waals surface area contributed by atoms with Crippen molar-refractivity contribution in [3.8, 4) is 57.7 Å². The Labute approximate surface area is 387 Å². The summed E-state index contributed by atoms with van der Waals surface area (Å²) in [6.07, 6.45) is 6.12. The van der Waals surface area contributed by atoms with Crippen molar-refractivity contribution in [3.05, 3.63) is 84.2 Å². The maximum atomic E-state index is 14.1. The van der Waals surface area contributed by atoms with E-state index < -0.39 is 23.2 Å². The number of benzene rings is 2. The smallest absolute Gasteiger partial charge is 0.407 e. The van der Waals surface area contributed by atoms with Gasteiger partial charge in [-0.2, -0.15) is 20.7 Å². The molecule has 25 heteroatoms. The maximum absolute atomic E-state index is 14.1. The molecule has 0 unspecified atom stereocenters. The second-order valence-corrected chi connectivity index (χ2v) is 13.2. The quantitative estimate of drug-likeness (QED) is 0.0356. The number of aromatic amines is 2. The number of carbonyl (C=O) groups is 2. The lowest BCUT2D eigenvalue weighted by Gasteiger charge is -2.14. The average molecular weight is 947 g/mol. The number of nitrogens with one attached hydrogen (secondary N) is 5. The van der Waals surface area contributed by atoms with Gasteiger partial charge in [0.15, 0.2) is 23.0 Å². The molecule has 352 valence electrons. The van der Waals surface area contributed by atoms with Crippen LogP contribution >= 0.6 is 11.6 Å². The number of H-pyrrole nitrogens is 2. The predicted molar refractivity (Wildman–Crippen MR) is 238 cm³/mol. The van der Waals surface area contributed by atoms with Crippen LogP contribution in [-0.2, 0) is 9.47 Å². The molecule has 0 aliphatic heterocycles. The first-order chi connectivity index (χ1) is 32.4. The molecule has 6 aromatic rings. The van der Waals surface area contributed by atoms with Crippen molar-refractivity contribution < 1.29 is 46.8 Å². The molecular formula is C42H45ClF2N14O8. The molecule has 0 saturated carbocycles. The summed E-state index contributed by atoms with van der Waals surface area (Å²) in [5.41, 5.74) is 7.24. The number of halogens is 3. The summed E-state index contributed by atoms with van der Waals surface area (Å²) in [5, 5.41) is 40.2. The number of aromatic nitrogens is 8. The molecule has 0 bridgehead atoms. The Bertz CT molecular complexity index is 2610. The lowest BCUT2D eigenvalue weighted by molar-refractivity contribution is 0.151. The van der Waals surface area contributed by atoms with Crippen LogP contribution in [0.3, 0.4) is 0 Å². The summed E-state index contributed by atoms with van der Waals surface area (Å²) in [4.78, 5) is 37.0. The number of nitrogens with zero attached hydrogens (tertiary/aromatic N) is 8. The molecule has 2 aromatic carbocycles. The molecule has 0 fully saturated rings. The van der Waals surface area contributed by atoms with Crippen LogP contribution < -0.4 is 40.6 Å². The van der Waals surface area contributed by atoms with Crippen LogP contribution in [0.5, 0.6) is 23.0 Å². The van der Waals surface area contributed by atoms with Crippen LogP contribution in [0.4, 0.5) is 41.6 Å². The topological polar surface area (TPSA) is 308 Å². The van der Waals surface area contributed by atoms with Crippen molar-refractivity contribution in [2.45, 2.75) is 26.7 Å². The Kier molecular flexibility index (Phi) is 20.7. The van der Waals surface area contributed by atoms with Gasteiger partial charge in [-0.3, -0.25) is 10.2 Å². The van der Waals surface area contributed by atoms with Gasteiger partial charge in [-0.15, -0.1) is 0 Å². The lowest BCUT2D eigenvalue weighted by Crippen LogP contribution is -2.26. The lowest BCUT2D eigenvalue weighted by atomic mass is 10.1. The van der Waals surface area contributed by atoms with Crippen LogP contribution in [-0.4, -0.2) is 106 Å². The molecule has 22 nitrogen and oxygen atoms in total. The molecule has 67 heavy (non-hydrogen) atoms. The minimum atomic E-state index is -0.738. The molecule has 7 N–H and O–H groups in total. The number of methoxy groups -OCH3 is 2. The fraction of sp³-hybridized carbons (Fsp3) is 0.286. The normalized spacial score (nSPS) is 10.1. The van der Waals surface area contributed by atoms with E-state index in [0.717, 1.165) is 0 Å². The Morgan fingerprint density at radius 3 is 1.52 bits per heavy atom. The maximum Gasteiger partial charge on any atom is 0.407 e. The third kappa shape index (κ3) is 16.3. The molecule has 0 aliphatic carbocycles. The number of nitriles is 2. The summed E-state index contributed by atoms with van der Waals surface area (Å²) < 4.78 is 59.1. The van der Waals surface area contributed by atoms with E-state index in [4.69, 9.17) is 51.5 Å². The third-order valence-electron chi connectivity index (χ3n) is 8.23.